The summed E-state index contributed by atoms with van der Waals surface area (Å²) in [7, 11) is 0. The molecule has 1 atom stereocenters. The first-order chi connectivity index (χ1) is 14.0. The molecule has 2 aromatic carbocycles. The van der Waals surface area contributed by atoms with Gasteiger partial charge in [0.25, 0.3) is 5.91 Å². The number of amides is 2. The lowest BCUT2D eigenvalue weighted by atomic mass is 9.95. The number of piperidine rings is 1. The van der Waals surface area contributed by atoms with Gasteiger partial charge in [0.15, 0.2) is 0 Å². The fourth-order valence-electron chi connectivity index (χ4n) is 3.70. The van der Waals surface area contributed by atoms with E-state index in [1.807, 2.05) is 31.2 Å². The Hall–Kier alpha value is -3.22. The number of rotatable bonds is 4. The Kier molecular flexibility index (Phi) is 5.29. The van der Waals surface area contributed by atoms with Crippen molar-refractivity contribution in [3.63, 3.8) is 0 Å². The fraction of sp³-hybridized carbons (Fsp3) is 0.318. The molecule has 150 valence electrons. The van der Waals surface area contributed by atoms with E-state index in [0.29, 0.717) is 31.5 Å². The number of aromatic amines is 1. The Morgan fingerprint density at radius 3 is 2.52 bits per heavy atom. The first-order valence-corrected chi connectivity index (χ1v) is 9.81. The van der Waals surface area contributed by atoms with Gasteiger partial charge < -0.3 is 15.2 Å². The van der Waals surface area contributed by atoms with Crippen LogP contribution in [0.3, 0.4) is 0 Å². The van der Waals surface area contributed by atoms with Crippen molar-refractivity contribution < 1.29 is 14.0 Å². The molecule has 1 saturated heterocycles. The summed E-state index contributed by atoms with van der Waals surface area (Å²) in [5.41, 5.74) is 2.28. The van der Waals surface area contributed by atoms with Crippen molar-refractivity contribution >= 4 is 22.8 Å². The van der Waals surface area contributed by atoms with Crippen molar-refractivity contribution in [3.8, 4) is 0 Å². The van der Waals surface area contributed by atoms with Crippen molar-refractivity contribution in [1.29, 1.82) is 0 Å². The van der Waals surface area contributed by atoms with Gasteiger partial charge in [0, 0.05) is 24.6 Å². The average molecular weight is 394 g/mol. The maximum absolute atomic E-state index is 13.0. The molecule has 3 aromatic rings. The van der Waals surface area contributed by atoms with Gasteiger partial charge in [-0.3, -0.25) is 9.59 Å². The molecule has 7 heteroatoms. The van der Waals surface area contributed by atoms with Crippen LogP contribution in [-0.4, -0.2) is 39.8 Å². The molecule has 1 aliphatic heterocycles. The summed E-state index contributed by atoms with van der Waals surface area (Å²) in [5.74, 6) is 0.0735. The Labute approximate surface area is 168 Å². The van der Waals surface area contributed by atoms with Gasteiger partial charge in [-0.25, -0.2) is 9.37 Å². The van der Waals surface area contributed by atoms with Gasteiger partial charge in [-0.1, -0.05) is 12.1 Å². The predicted octanol–water partition coefficient (Wildman–Crippen LogP) is 3.43. The Morgan fingerprint density at radius 2 is 1.83 bits per heavy atom. The van der Waals surface area contributed by atoms with E-state index in [1.165, 1.54) is 24.3 Å². The SMILES string of the molecule is CC(NC(=O)C1CCN(C(=O)c2ccc(F)cc2)CC1)c1nc2ccccc2[nH]1. The number of carbonyl (C=O) groups excluding carboxylic acids is 2. The quantitative estimate of drug-likeness (QED) is 0.712. The first-order valence-electron chi connectivity index (χ1n) is 9.81. The summed E-state index contributed by atoms with van der Waals surface area (Å²) in [6, 6.07) is 13.1. The Bertz CT molecular complexity index is 990. The second-order valence-corrected chi connectivity index (χ2v) is 7.44. The molecule has 0 aliphatic carbocycles. The number of hydrogen-bond donors (Lipinski definition) is 2. The highest BCUT2D eigenvalue weighted by atomic mass is 19.1. The van der Waals surface area contributed by atoms with Gasteiger partial charge >= 0.3 is 0 Å². The molecule has 0 saturated carbocycles. The maximum atomic E-state index is 13.0. The van der Waals surface area contributed by atoms with Gasteiger partial charge in [-0.2, -0.15) is 0 Å². The molecule has 6 nitrogen and oxygen atoms in total. The Balaban J connectivity index is 1.32. The molecule has 2 amide bonds. The van der Waals surface area contributed by atoms with Gasteiger partial charge in [0.2, 0.25) is 5.91 Å². The summed E-state index contributed by atoms with van der Waals surface area (Å²) in [4.78, 5) is 34.7. The highest BCUT2D eigenvalue weighted by Crippen LogP contribution is 2.21. The van der Waals surface area contributed by atoms with E-state index in [4.69, 9.17) is 0 Å². The maximum Gasteiger partial charge on any atom is 0.253 e. The number of fused-ring (bicyclic) bond motifs is 1. The van der Waals surface area contributed by atoms with Crippen molar-refractivity contribution in [2.75, 3.05) is 13.1 Å². The van der Waals surface area contributed by atoms with Crippen LogP contribution in [0.4, 0.5) is 4.39 Å². The zero-order valence-electron chi connectivity index (χ0n) is 16.2. The topological polar surface area (TPSA) is 78.1 Å². The number of nitrogens with one attached hydrogen (secondary N) is 2. The normalized spacial score (nSPS) is 16.0. The zero-order valence-corrected chi connectivity index (χ0v) is 16.2. The summed E-state index contributed by atoms with van der Waals surface area (Å²) < 4.78 is 13.0. The standard InChI is InChI=1S/C22H23FN4O2/c1-14(20-25-18-4-2-3-5-19(18)26-20)24-21(28)15-10-12-27(13-11-15)22(29)16-6-8-17(23)9-7-16/h2-9,14-15H,10-13H2,1H3,(H,24,28)(H,25,26). The molecule has 4 rings (SSSR count). The lowest BCUT2D eigenvalue weighted by Crippen LogP contribution is -2.43. The number of H-pyrrole nitrogens is 1. The molecule has 0 bridgehead atoms. The van der Waals surface area contributed by atoms with Crippen LogP contribution in [0.15, 0.2) is 48.5 Å². The molecule has 0 spiro atoms. The van der Waals surface area contributed by atoms with Crippen LogP contribution in [0, 0.1) is 11.7 Å². The molecule has 29 heavy (non-hydrogen) atoms. The number of carbonyl (C=O) groups is 2. The van der Waals surface area contributed by atoms with E-state index >= 15 is 0 Å². The smallest absolute Gasteiger partial charge is 0.253 e. The second kappa shape index (κ2) is 8.03. The van der Waals surface area contributed by atoms with Gasteiger partial charge in [-0.15, -0.1) is 0 Å². The number of aromatic nitrogens is 2. The molecule has 1 fully saturated rings. The van der Waals surface area contributed by atoms with Crippen LogP contribution >= 0.6 is 0 Å². The number of imidazole rings is 1. The number of para-hydroxylation sites is 2. The minimum atomic E-state index is -0.365. The van der Waals surface area contributed by atoms with E-state index < -0.39 is 0 Å². The molecule has 1 aromatic heterocycles. The van der Waals surface area contributed by atoms with Crippen molar-refractivity contribution in [1.82, 2.24) is 20.2 Å². The van der Waals surface area contributed by atoms with Crippen molar-refractivity contribution in [2.24, 2.45) is 5.92 Å². The molecule has 1 unspecified atom stereocenters. The van der Waals surface area contributed by atoms with Crippen LogP contribution in [0.5, 0.6) is 0 Å². The molecule has 2 N–H and O–H groups in total. The summed E-state index contributed by atoms with van der Waals surface area (Å²) in [6.45, 7) is 2.92. The number of likely N-dealkylation sites (tertiary alicyclic amines) is 1. The van der Waals surface area contributed by atoms with Gasteiger partial charge in [0.05, 0.1) is 17.1 Å². The van der Waals surface area contributed by atoms with Crippen molar-refractivity contribution in [2.45, 2.75) is 25.8 Å². The molecule has 2 heterocycles. The Morgan fingerprint density at radius 1 is 1.14 bits per heavy atom. The second-order valence-electron chi connectivity index (χ2n) is 7.44. The number of benzene rings is 2. The van der Waals surface area contributed by atoms with E-state index in [0.717, 1.165) is 16.9 Å². The first kappa shape index (κ1) is 19.1. The minimum absolute atomic E-state index is 0.0214. The van der Waals surface area contributed by atoms with Crippen LogP contribution in [0.1, 0.15) is 42.0 Å². The fourth-order valence-corrected chi connectivity index (χ4v) is 3.70. The third-order valence-electron chi connectivity index (χ3n) is 5.42. The third kappa shape index (κ3) is 4.13. The number of halogens is 1. The lowest BCUT2D eigenvalue weighted by Gasteiger charge is -2.31. The largest absolute Gasteiger partial charge is 0.346 e. The molecular weight excluding hydrogens is 371 g/mol. The molecule has 1 aliphatic rings. The van der Waals surface area contributed by atoms with Crippen molar-refractivity contribution in [3.05, 3.63) is 65.7 Å². The lowest BCUT2D eigenvalue weighted by molar-refractivity contribution is -0.127. The third-order valence-corrected chi connectivity index (χ3v) is 5.42. The van der Waals surface area contributed by atoms with E-state index in [1.54, 1.807) is 4.90 Å². The minimum Gasteiger partial charge on any atom is -0.346 e. The average Bonchev–Trinajstić information content (AvgIpc) is 3.18. The van der Waals surface area contributed by atoms with Gasteiger partial charge in [-0.05, 0) is 56.2 Å². The van der Waals surface area contributed by atoms with E-state index in [9.17, 15) is 14.0 Å². The van der Waals surface area contributed by atoms with Gasteiger partial charge in [0.1, 0.15) is 11.6 Å². The zero-order chi connectivity index (χ0) is 20.4. The number of nitrogens with zero attached hydrogens (tertiary/aromatic N) is 2. The monoisotopic (exact) mass is 394 g/mol. The van der Waals surface area contributed by atoms with E-state index in [2.05, 4.69) is 15.3 Å². The summed E-state index contributed by atoms with van der Waals surface area (Å²) in [6.07, 6.45) is 1.21. The molecular formula is C22H23FN4O2. The predicted molar refractivity (Wildman–Crippen MR) is 108 cm³/mol. The van der Waals surface area contributed by atoms with E-state index in [-0.39, 0.29) is 29.6 Å². The molecule has 0 radical (unpaired) electrons. The summed E-state index contributed by atoms with van der Waals surface area (Å²) >= 11 is 0. The highest BCUT2D eigenvalue weighted by molar-refractivity contribution is 5.94. The van der Waals surface area contributed by atoms with Crippen LogP contribution in [0.25, 0.3) is 11.0 Å². The summed E-state index contributed by atoms with van der Waals surface area (Å²) in [5, 5.41) is 3.03. The van der Waals surface area contributed by atoms with Crippen LogP contribution in [-0.2, 0) is 4.79 Å². The van der Waals surface area contributed by atoms with Crippen LogP contribution < -0.4 is 5.32 Å². The highest BCUT2D eigenvalue weighted by Gasteiger charge is 2.29. The number of hydrogen-bond acceptors (Lipinski definition) is 3. The van der Waals surface area contributed by atoms with Crippen LogP contribution in [0.2, 0.25) is 0 Å².